The van der Waals surface area contributed by atoms with E-state index in [1.165, 1.54) is 0 Å². The summed E-state index contributed by atoms with van der Waals surface area (Å²) < 4.78 is 5.01. The molecule has 0 aliphatic rings. The van der Waals surface area contributed by atoms with Gasteiger partial charge in [-0.25, -0.2) is 4.79 Å². The van der Waals surface area contributed by atoms with Gasteiger partial charge in [0.2, 0.25) is 0 Å². The number of esters is 1. The van der Waals surface area contributed by atoms with Crippen molar-refractivity contribution in [3.8, 4) is 0 Å². The first-order chi connectivity index (χ1) is 10.1. The Morgan fingerprint density at radius 3 is 2.81 bits per heavy atom. The summed E-state index contributed by atoms with van der Waals surface area (Å²) in [6.07, 6.45) is 3.54. The molecule has 0 saturated heterocycles. The quantitative estimate of drug-likeness (QED) is 0.675. The molecular formula is C16H19N3O2. The number of hydrogen-bond acceptors (Lipinski definition) is 5. The van der Waals surface area contributed by atoms with Crippen molar-refractivity contribution in [1.29, 1.82) is 0 Å². The average molecular weight is 285 g/mol. The van der Waals surface area contributed by atoms with Gasteiger partial charge in [0, 0.05) is 26.0 Å². The Balaban J connectivity index is 2.23. The Bertz CT molecular complexity index is 614. The molecule has 5 heteroatoms. The molecule has 110 valence electrons. The molecule has 0 atom stereocenters. The number of aromatic nitrogens is 1. The van der Waals surface area contributed by atoms with Crippen LogP contribution in [0, 0.1) is 0 Å². The lowest BCUT2D eigenvalue weighted by Crippen LogP contribution is -2.19. The molecule has 0 radical (unpaired) electrons. The number of pyridine rings is 1. The SMILES string of the molecule is CCOC(=O)c1cccc(N(C)Cc2cccnc2)c1N. The van der Waals surface area contributed by atoms with Gasteiger partial charge in [0.15, 0.2) is 0 Å². The number of carbonyl (C=O) groups is 1. The molecule has 0 amide bonds. The summed E-state index contributed by atoms with van der Waals surface area (Å²) >= 11 is 0. The van der Waals surface area contributed by atoms with Gasteiger partial charge in [-0.1, -0.05) is 12.1 Å². The number of nitrogens with zero attached hydrogens (tertiary/aromatic N) is 2. The van der Waals surface area contributed by atoms with Crippen LogP contribution in [0.3, 0.4) is 0 Å². The second kappa shape index (κ2) is 6.74. The van der Waals surface area contributed by atoms with Gasteiger partial charge in [-0.3, -0.25) is 4.98 Å². The molecule has 0 spiro atoms. The third-order valence-electron chi connectivity index (χ3n) is 3.13. The number of carbonyl (C=O) groups excluding carboxylic acids is 1. The van der Waals surface area contributed by atoms with Crippen LogP contribution in [0.5, 0.6) is 0 Å². The van der Waals surface area contributed by atoms with E-state index in [1.54, 1.807) is 25.3 Å². The number of hydrogen-bond donors (Lipinski definition) is 1. The molecule has 2 rings (SSSR count). The molecule has 5 nitrogen and oxygen atoms in total. The Morgan fingerprint density at radius 2 is 2.14 bits per heavy atom. The number of para-hydroxylation sites is 1. The van der Waals surface area contributed by atoms with Crippen molar-refractivity contribution >= 4 is 17.3 Å². The van der Waals surface area contributed by atoms with Gasteiger partial charge in [-0.05, 0) is 30.7 Å². The summed E-state index contributed by atoms with van der Waals surface area (Å²) in [6.45, 7) is 2.75. The fourth-order valence-corrected chi connectivity index (χ4v) is 2.12. The van der Waals surface area contributed by atoms with E-state index < -0.39 is 5.97 Å². The zero-order chi connectivity index (χ0) is 15.2. The van der Waals surface area contributed by atoms with Gasteiger partial charge < -0.3 is 15.4 Å². The van der Waals surface area contributed by atoms with Gasteiger partial charge in [0.1, 0.15) is 0 Å². The predicted octanol–water partition coefficient (Wildman–Crippen LogP) is 2.48. The smallest absolute Gasteiger partial charge is 0.340 e. The molecule has 1 heterocycles. The minimum atomic E-state index is -0.397. The molecular weight excluding hydrogens is 266 g/mol. The van der Waals surface area contributed by atoms with Gasteiger partial charge >= 0.3 is 5.97 Å². The van der Waals surface area contributed by atoms with E-state index in [0.29, 0.717) is 24.4 Å². The zero-order valence-corrected chi connectivity index (χ0v) is 12.2. The second-order valence-corrected chi connectivity index (χ2v) is 4.68. The largest absolute Gasteiger partial charge is 0.462 e. The number of ether oxygens (including phenoxy) is 1. The minimum absolute atomic E-state index is 0.327. The molecule has 2 N–H and O–H groups in total. The first-order valence-electron chi connectivity index (χ1n) is 6.79. The molecule has 0 fully saturated rings. The molecule has 2 aromatic rings. The summed E-state index contributed by atoms with van der Waals surface area (Å²) in [7, 11) is 1.92. The lowest BCUT2D eigenvalue weighted by atomic mass is 10.1. The monoisotopic (exact) mass is 285 g/mol. The Morgan fingerprint density at radius 1 is 1.33 bits per heavy atom. The zero-order valence-electron chi connectivity index (χ0n) is 12.2. The van der Waals surface area contributed by atoms with E-state index in [9.17, 15) is 4.79 Å². The average Bonchev–Trinajstić information content (AvgIpc) is 2.48. The highest BCUT2D eigenvalue weighted by Crippen LogP contribution is 2.27. The summed E-state index contributed by atoms with van der Waals surface area (Å²) in [5, 5.41) is 0. The maximum atomic E-state index is 11.9. The van der Waals surface area contributed by atoms with Gasteiger partial charge in [0.25, 0.3) is 0 Å². The normalized spacial score (nSPS) is 10.2. The van der Waals surface area contributed by atoms with Crippen LogP contribution >= 0.6 is 0 Å². The predicted molar refractivity (Wildman–Crippen MR) is 83.2 cm³/mol. The Hall–Kier alpha value is -2.56. The van der Waals surface area contributed by atoms with E-state index in [-0.39, 0.29) is 0 Å². The molecule has 21 heavy (non-hydrogen) atoms. The summed E-state index contributed by atoms with van der Waals surface area (Å²) in [5.41, 5.74) is 8.81. The van der Waals surface area contributed by atoms with Gasteiger partial charge in [-0.15, -0.1) is 0 Å². The van der Waals surface area contributed by atoms with Crippen molar-refractivity contribution in [2.45, 2.75) is 13.5 Å². The third-order valence-corrected chi connectivity index (χ3v) is 3.13. The fraction of sp³-hybridized carbons (Fsp3) is 0.250. The Kier molecular flexibility index (Phi) is 4.77. The van der Waals surface area contributed by atoms with Crippen molar-refractivity contribution in [2.75, 3.05) is 24.3 Å². The first kappa shape index (κ1) is 14.8. The number of anilines is 2. The van der Waals surface area contributed by atoms with E-state index in [4.69, 9.17) is 10.5 Å². The number of nitrogens with two attached hydrogens (primary N) is 1. The maximum Gasteiger partial charge on any atom is 0.340 e. The summed E-state index contributed by atoms with van der Waals surface area (Å²) in [5.74, 6) is -0.397. The summed E-state index contributed by atoms with van der Waals surface area (Å²) in [4.78, 5) is 17.9. The maximum absolute atomic E-state index is 11.9. The molecule has 0 saturated carbocycles. The Labute approximate surface area is 124 Å². The lowest BCUT2D eigenvalue weighted by Gasteiger charge is -2.22. The van der Waals surface area contributed by atoms with Gasteiger partial charge in [0.05, 0.1) is 23.5 Å². The van der Waals surface area contributed by atoms with Crippen LogP contribution in [0.1, 0.15) is 22.8 Å². The van der Waals surface area contributed by atoms with Crippen LogP contribution < -0.4 is 10.6 Å². The molecule has 0 aliphatic heterocycles. The van der Waals surface area contributed by atoms with Crippen LogP contribution in [0.25, 0.3) is 0 Å². The molecule has 1 aromatic carbocycles. The van der Waals surface area contributed by atoms with Crippen molar-refractivity contribution in [3.05, 3.63) is 53.9 Å². The highest BCUT2D eigenvalue weighted by atomic mass is 16.5. The molecule has 1 aromatic heterocycles. The first-order valence-corrected chi connectivity index (χ1v) is 6.79. The fourth-order valence-electron chi connectivity index (χ4n) is 2.12. The summed E-state index contributed by atoms with van der Waals surface area (Å²) in [6, 6.07) is 9.25. The van der Waals surface area contributed by atoms with Crippen LogP contribution in [0.2, 0.25) is 0 Å². The van der Waals surface area contributed by atoms with Crippen LogP contribution in [-0.2, 0) is 11.3 Å². The van der Waals surface area contributed by atoms with Crippen LogP contribution in [-0.4, -0.2) is 24.6 Å². The topological polar surface area (TPSA) is 68.5 Å². The number of benzene rings is 1. The van der Waals surface area contributed by atoms with E-state index >= 15 is 0 Å². The van der Waals surface area contributed by atoms with Crippen molar-refractivity contribution in [2.24, 2.45) is 0 Å². The van der Waals surface area contributed by atoms with Crippen LogP contribution in [0.15, 0.2) is 42.7 Å². The van der Waals surface area contributed by atoms with E-state index in [1.807, 2.05) is 36.3 Å². The minimum Gasteiger partial charge on any atom is -0.462 e. The highest BCUT2D eigenvalue weighted by molar-refractivity contribution is 5.98. The van der Waals surface area contributed by atoms with E-state index in [2.05, 4.69) is 4.98 Å². The second-order valence-electron chi connectivity index (χ2n) is 4.68. The molecule has 0 bridgehead atoms. The number of nitrogen functional groups attached to an aromatic ring is 1. The van der Waals surface area contributed by atoms with E-state index in [0.717, 1.165) is 11.3 Å². The van der Waals surface area contributed by atoms with Crippen molar-refractivity contribution in [3.63, 3.8) is 0 Å². The van der Waals surface area contributed by atoms with Crippen molar-refractivity contribution < 1.29 is 9.53 Å². The number of rotatable bonds is 5. The standard InChI is InChI=1S/C16H19N3O2/c1-3-21-16(20)13-7-4-8-14(15(13)17)19(2)11-12-6-5-9-18-10-12/h4-10H,3,11,17H2,1-2H3. The van der Waals surface area contributed by atoms with Crippen molar-refractivity contribution in [1.82, 2.24) is 4.98 Å². The third kappa shape index (κ3) is 3.51. The van der Waals surface area contributed by atoms with Gasteiger partial charge in [-0.2, -0.15) is 0 Å². The highest BCUT2D eigenvalue weighted by Gasteiger charge is 2.15. The lowest BCUT2D eigenvalue weighted by molar-refractivity contribution is 0.0527. The van der Waals surface area contributed by atoms with Crippen LogP contribution in [0.4, 0.5) is 11.4 Å². The molecule has 0 unspecified atom stereocenters. The molecule has 0 aliphatic carbocycles.